The van der Waals surface area contributed by atoms with Crippen LogP contribution in [-0.2, 0) is 24.7 Å². The molecule has 1 saturated heterocycles. The van der Waals surface area contributed by atoms with Gasteiger partial charge in [0.15, 0.2) is 0 Å². The van der Waals surface area contributed by atoms with Crippen molar-refractivity contribution < 1.29 is 14.0 Å². The van der Waals surface area contributed by atoms with Gasteiger partial charge < -0.3 is 9.80 Å². The van der Waals surface area contributed by atoms with E-state index < -0.39 is 0 Å². The van der Waals surface area contributed by atoms with E-state index in [1.54, 1.807) is 42.2 Å². The lowest BCUT2D eigenvalue weighted by Gasteiger charge is -2.40. The Bertz CT molecular complexity index is 1120. The van der Waals surface area contributed by atoms with E-state index in [1.807, 2.05) is 35.0 Å². The zero-order valence-corrected chi connectivity index (χ0v) is 19.7. The second-order valence-corrected chi connectivity index (χ2v) is 9.03. The first-order chi connectivity index (χ1) is 16.4. The summed E-state index contributed by atoms with van der Waals surface area (Å²) >= 11 is 0. The van der Waals surface area contributed by atoms with Gasteiger partial charge in [-0.2, -0.15) is 5.10 Å². The maximum Gasteiger partial charge on any atom is 0.274 e. The Morgan fingerprint density at radius 2 is 1.74 bits per heavy atom. The van der Waals surface area contributed by atoms with E-state index in [2.05, 4.69) is 17.2 Å². The quantitative estimate of drug-likeness (QED) is 0.538. The fraction of sp³-hybridized carbons (Fsp3) is 0.370. The van der Waals surface area contributed by atoms with Crippen molar-refractivity contribution in [2.24, 2.45) is 13.0 Å². The molecule has 2 heterocycles. The monoisotopic (exact) mass is 462 g/mol. The van der Waals surface area contributed by atoms with Crippen molar-refractivity contribution in [1.82, 2.24) is 19.6 Å². The van der Waals surface area contributed by atoms with Crippen LogP contribution in [0.4, 0.5) is 4.39 Å². The first kappa shape index (κ1) is 23.7. The van der Waals surface area contributed by atoms with Gasteiger partial charge in [-0.05, 0) is 48.4 Å². The lowest BCUT2D eigenvalue weighted by atomic mass is 9.84. The van der Waals surface area contributed by atoms with Crippen molar-refractivity contribution in [2.75, 3.05) is 20.1 Å². The fourth-order valence-corrected chi connectivity index (χ4v) is 4.79. The van der Waals surface area contributed by atoms with Crippen LogP contribution in [0.1, 0.15) is 34.5 Å². The Hall–Kier alpha value is -3.48. The number of halogens is 1. The minimum absolute atomic E-state index is 0.0132. The Kier molecular flexibility index (Phi) is 7.40. The predicted molar refractivity (Wildman–Crippen MR) is 129 cm³/mol. The summed E-state index contributed by atoms with van der Waals surface area (Å²) < 4.78 is 15.6. The molecule has 0 unspecified atom stereocenters. The van der Waals surface area contributed by atoms with Crippen molar-refractivity contribution >= 4 is 11.8 Å². The molecule has 178 valence electrons. The summed E-state index contributed by atoms with van der Waals surface area (Å²) in [7, 11) is 3.65. The van der Waals surface area contributed by atoms with Crippen molar-refractivity contribution in [1.29, 1.82) is 0 Å². The van der Waals surface area contributed by atoms with E-state index in [0.717, 1.165) is 19.3 Å². The molecule has 3 aromatic rings. The minimum atomic E-state index is -0.344. The zero-order valence-electron chi connectivity index (χ0n) is 19.7. The zero-order chi connectivity index (χ0) is 24.1. The molecule has 1 aliphatic heterocycles. The fourth-order valence-electron chi connectivity index (χ4n) is 4.79. The van der Waals surface area contributed by atoms with Crippen LogP contribution in [0.3, 0.4) is 0 Å². The van der Waals surface area contributed by atoms with Gasteiger partial charge in [0.25, 0.3) is 5.91 Å². The van der Waals surface area contributed by atoms with Crippen molar-refractivity contribution in [3.63, 3.8) is 0 Å². The third-order valence-electron chi connectivity index (χ3n) is 6.77. The van der Waals surface area contributed by atoms with Gasteiger partial charge in [-0.1, -0.05) is 48.5 Å². The van der Waals surface area contributed by atoms with Crippen LogP contribution in [0.25, 0.3) is 0 Å². The number of nitrogens with zero attached hydrogens (tertiary/aromatic N) is 4. The smallest absolute Gasteiger partial charge is 0.274 e. The van der Waals surface area contributed by atoms with Crippen molar-refractivity contribution in [3.8, 4) is 0 Å². The van der Waals surface area contributed by atoms with E-state index in [1.165, 1.54) is 11.6 Å². The van der Waals surface area contributed by atoms with Gasteiger partial charge in [0.05, 0.1) is 6.42 Å². The molecule has 0 spiro atoms. The third kappa shape index (κ3) is 5.53. The van der Waals surface area contributed by atoms with Gasteiger partial charge >= 0.3 is 0 Å². The molecule has 1 fully saturated rings. The lowest BCUT2D eigenvalue weighted by molar-refractivity contribution is -0.132. The van der Waals surface area contributed by atoms with Crippen LogP contribution in [0.2, 0.25) is 0 Å². The molecule has 1 aliphatic rings. The molecule has 1 aromatic heterocycles. The standard InChI is InChI=1S/C27H31FN4O2/c1-30-15-14-24(29-30)27(34)31(2)25(18-20-8-4-3-5-9-20)21-12-16-32(17-13-21)26(33)19-22-10-6-7-11-23(22)28/h3-11,14-15,21,25H,12-13,16-19H2,1-2H3/t25-/m0/s1. The van der Waals surface area contributed by atoms with Crippen LogP contribution in [-0.4, -0.2) is 57.6 Å². The Morgan fingerprint density at radius 1 is 1.06 bits per heavy atom. The number of piperidine rings is 1. The number of hydrogen-bond acceptors (Lipinski definition) is 3. The van der Waals surface area contributed by atoms with Crippen LogP contribution >= 0.6 is 0 Å². The molecule has 2 aromatic carbocycles. The number of likely N-dealkylation sites (N-methyl/N-ethyl adjacent to an activating group) is 1. The largest absolute Gasteiger partial charge is 0.342 e. The third-order valence-corrected chi connectivity index (χ3v) is 6.77. The highest BCUT2D eigenvalue weighted by Gasteiger charge is 2.33. The number of aromatic nitrogens is 2. The Labute approximate surface area is 200 Å². The summed E-state index contributed by atoms with van der Waals surface area (Å²) in [5, 5.41) is 4.29. The molecule has 1 atom stereocenters. The Balaban J connectivity index is 1.45. The number of carbonyl (C=O) groups excluding carboxylic acids is 2. The number of aryl methyl sites for hydroxylation is 1. The number of carbonyl (C=O) groups is 2. The molecule has 34 heavy (non-hydrogen) atoms. The summed E-state index contributed by atoms with van der Waals surface area (Å²) in [5.41, 5.74) is 2.03. The van der Waals surface area contributed by atoms with Gasteiger partial charge in [0.1, 0.15) is 11.5 Å². The normalized spacial score (nSPS) is 15.2. The molecule has 0 saturated carbocycles. The molecule has 7 heteroatoms. The summed E-state index contributed by atoms with van der Waals surface area (Å²) in [6, 6.07) is 18.3. The van der Waals surface area contributed by atoms with E-state index in [4.69, 9.17) is 0 Å². The summed E-state index contributed by atoms with van der Waals surface area (Å²) in [4.78, 5) is 29.6. The van der Waals surface area contributed by atoms with Crippen LogP contribution < -0.4 is 0 Å². The van der Waals surface area contributed by atoms with E-state index in [-0.39, 0.29) is 36.0 Å². The molecular weight excluding hydrogens is 431 g/mol. The van der Waals surface area contributed by atoms with Gasteiger partial charge in [-0.15, -0.1) is 0 Å². The van der Waals surface area contributed by atoms with E-state index in [9.17, 15) is 14.0 Å². The van der Waals surface area contributed by atoms with E-state index in [0.29, 0.717) is 24.3 Å². The average molecular weight is 463 g/mol. The highest BCUT2D eigenvalue weighted by molar-refractivity contribution is 5.92. The van der Waals surface area contributed by atoms with Crippen LogP contribution in [0.15, 0.2) is 66.9 Å². The first-order valence-corrected chi connectivity index (χ1v) is 11.7. The number of rotatable bonds is 7. The molecule has 0 N–H and O–H groups in total. The van der Waals surface area contributed by atoms with E-state index >= 15 is 0 Å². The van der Waals surface area contributed by atoms with Crippen LogP contribution in [0.5, 0.6) is 0 Å². The van der Waals surface area contributed by atoms with Gasteiger partial charge in [0.2, 0.25) is 5.91 Å². The molecule has 0 aliphatic carbocycles. The summed E-state index contributed by atoms with van der Waals surface area (Å²) in [6.45, 7) is 1.21. The lowest BCUT2D eigenvalue weighted by Crippen LogP contribution is -2.48. The van der Waals surface area contributed by atoms with Crippen molar-refractivity contribution in [2.45, 2.75) is 31.7 Å². The minimum Gasteiger partial charge on any atom is -0.342 e. The number of benzene rings is 2. The molecule has 4 rings (SSSR count). The summed E-state index contributed by atoms with van der Waals surface area (Å²) in [6.07, 6.45) is 4.17. The van der Waals surface area contributed by atoms with Gasteiger partial charge in [-0.25, -0.2) is 4.39 Å². The maximum absolute atomic E-state index is 14.0. The van der Waals surface area contributed by atoms with Crippen molar-refractivity contribution in [3.05, 3.63) is 89.5 Å². The topological polar surface area (TPSA) is 58.4 Å². The molecule has 2 amide bonds. The number of amides is 2. The van der Waals surface area contributed by atoms with Gasteiger partial charge in [-0.3, -0.25) is 14.3 Å². The molecule has 0 radical (unpaired) electrons. The highest BCUT2D eigenvalue weighted by Crippen LogP contribution is 2.28. The van der Waals surface area contributed by atoms with Gasteiger partial charge in [0, 0.05) is 39.4 Å². The summed E-state index contributed by atoms with van der Waals surface area (Å²) in [5.74, 6) is -0.251. The number of likely N-dealkylation sites (tertiary alicyclic amines) is 1. The molecule has 0 bridgehead atoms. The number of hydrogen-bond donors (Lipinski definition) is 0. The molecule has 6 nitrogen and oxygen atoms in total. The predicted octanol–water partition coefficient (Wildman–Crippen LogP) is 3.72. The van der Waals surface area contributed by atoms with Crippen LogP contribution in [0, 0.1) is 11.7 Å². The highest BCUT2D eigenvalue weighted by atomic mass is 19.1. The average Bonchev–Trinajstić information content (AvgIpc) is 3.30. The molecular formula is C27H31FN4O2. The second-order valence-electron chi connectivity index (χ2n) is 9.03. The SMILES string of the molecule is CN(C(=O)c1ccn(C)n1)[C@@H](Cc1ccccc1)C1CCN(C(=O)Cc2ccccc2F)CC1. The first-order valence-electron chi connectivity index (χ1n) is 11.7. The Morgan fingerprint density at radius 3 is 2.38 bits per heavy atom. The maximum atomic E-state index is 14.0. The second kappa shape index (κ2) is 10.6.